The molecule has 2 nitrogen and oxygen atoms in total. The van der Waals surface area contributed by atoms with Crippen molar-refractivity contribution in [1.29, 1.82) is 0 Å². The average molecular weight is 280 g/mol. The van der Waals surface area contributed by atoms with Gasteiger partial charge in [0.2, 0.25) is 0 Å². The molecule has 2 heterocycles. The highest BCUT2D eigenvalue weighted by molar-refractivity contribution is 7.12. The third kappa shape index (κ3) is 3.04. The van der Waals surface area contributed by atoms with E-state index in [2.05, 4.69) is 51.7 Å². The minimum absolute atomic E-state index is 0.239. The van der Waals surface area contributed by atoms with Crippen molar-refractivity contribution in [1.82, 2.24) is 4.90 Å². The third-order valence-electron chi connectivity index (χ3n) is 4.26. The lowest BCUT2D eigenvalue weighted by Gasteiger charge is -2.37. The quantitative estimate of drug-likeness (QED) is 0.909. The first-order chi connectivity index (χ1) is 8.75. The van der Waals surface area contributed by atoms with Gasteiger partial charge in [0, 0.05) is 21.8 Å². The largest absolute Gasteiger partial charge is 0.329 e. The Morgan fingerprint density at radius 2 is 2.05 bits per heavy atom. The molecule has 2 rings (SSSR count). The predicted molar refractivity (Wildman–Crippen MR) is 84.8 cm³/mol. The molecule has 0 aliphatic carbocycles. The van der Waals surface area contributed by atoms with Crippen molar-refractivity contribution in [2.45, 2.75) is 64.5 Å². The van der Waals surface area contributed by atoms with Crippen LogP contribution in [0.25, 0.3) is 0 Å². The molecule has 1 unspecified atom stereocenters. The van der Waals surface area contributed by atoms with Crippen molar-refractivity contribution in [3.8, 4) is 0 Å². The first-order valence-corrected chi connectivity index (χ1v) is 8.14. The Balaban J connectivity index is 2.25. The molecule has 1 aliphatic heterocycles. The third-order valence-corrected chi connectivity index (χ3v) is 5.87. The number of thiophene rings is 1. The fraction of sp³-hybridized carbons (Fsp3) is 0.750. The summed E-state index contributed by atoms with van der Waals surface area (Å²) in [4.78, 5) is 5.49. The van der Waals surface area contributed by atoms with Crippen molar-refractivity contribution in [2.75, 3.05) is 13.1 Å². The summed E-state index contributed by atoms with van der Waals surface area (Å²) in [7, 11) is 0. The van der Waals surface area contributed by atoms with Crippen LogP contribution in [-0.4, -0.2) is 23.5 Å². The number of rotatable bonds is 3. The molecule has 1 saturated heterocycles. The fourth-order valence-corrected chi connectivity index (χ4v) is 4.23. The van der Waals surface area contributed by atoms with E-state index in [9.17, 15) is 0 Å². The highest BCUT2D eigenvalue weighted by Gasteiger charge is 2.37. The molecular formula is C16H28N2S. The van der Waals surface area contributed by atoms with Crippen LogP contribution in [0.5, 0.6) is 0 Å². The topological polar surface area (TPSA) is 29.3 Å². The van der Waals surface area contributed by atoms with Crippen molar-refractivity contribution in [2.24, 2.45) is 5.73 Å². The fourth-order valence-electron chi connectivity index (χ4n) is 3.04. The van der Waals surface area contributed by atoms with E-state index in [1.165, 1.54) is 29.1 Å². The van der Waals surface area contributed by atoms with Gasteiger partial charge in [-0.05, 0) is 50.8 Å². The summed E-state index contributed by atoms with van der Waals surface area (Å²) in [5.41, 5.74) is 6.62. The second-order valence-corrected chi connectivity index (χ2v) is 8.43. The Labute approximate surface area is 122 Å². The normalized spacial score (nSPS) is 21.8. The maximum atomic E-state index is 6.09. The van der Waals surface area contributed by atoms with Gasteiger partial charge in [0.1, 0.15) is 0 Å². The van der Waals surface area contributed by atoms with Gasteiger partial charge in [-0.3, -0.25) is 4.90 Å². The standard InChI is InChI=1S/C16H28N2S/c1-15(2,3)14-8-7-13(19-14)12(11-17)18-10-6-9-16(18,4)5/h7-8,12H,6,9-11,17H2,1-5H3. The Morgan fingerprint density at radius 1 is 1.37 bits per heavy atom. The van der Waals surface area contributed by atoms with Crippen LogP contribution in [0, 0.1) is 0 Å². The van der Waals surface area contributed by atoms with Gasteiger partial charge in [-0.15, -0.1) is 11.3 Å². The first-order valence-electron chi connectivity index (χ1n) is 7.33. The highest BCUT2D eigenvalue weighted by atomic mass is 32.1. The van der Waals surface area contributed by atoms with E-state index in [0.717, 1.165) is 0 Å². The molecule has 2 N–H and O–H groups in total. The molecule has 1 fully saturated rings. The van der Waals surface area contributed by atoms with Gasteiger partial charge >= 0.3 is 0 Å². The van der Waals surface area contributed by atoms with E-state index >= 15 is 0 Å². The molecular weight excluding hydrogens is 252 g/mol. The van der Waals surface area contributed by atoms with Crippen LogP contribution < -0.4 is 5.73 Å². The summed E-state index contributed by atoms with van der Waals surface area (Å²) < 4.78 is 0. The van der Waals surface area contributed by atoms with E-state index in [-0.39, 0.29) is 11.0 Å². The van der Waals surface area contributed by atoms with E-state index in [1.807, 2.05) is 11.3 Å². The monoisotopic (exact) mass is 280 g/mol. The van der Waals surface area contributed by atoms with E-state index in [1.54, 1.807) is 0 Å². The molecule has 0 bridgehead atoms. The van der Waals surface area contributed by atoms with E-state index in [0.29, 0.717) is 12.6 Å². The smallest absolute Gasteiger partial charge is 0.0569 e. The van der Waals surface area contributed by atoms with Crippen molar-refractivity contribution < 1.29 is 0 Å². The molecule has 1 atom stereocenters. The molecule has 1 aromatic rings. The van der Waals surface area contributed by atoms with Gasteiger partial charge in [-0.25, -0.2) is 0 Å². The number of likely N-dealkylation sites (tertiary alicyclic amines) is 1. The van der Waals surface area contributed by atoms with Crippen LogP contribution in [0.15, 0.2) is 12.1 Å². The van der Waals surface area contributed by atoms with Crippen molar-refractivity contribution >= 4 is 11.3 Å². The molecule has 1 aliphatic rings. The summed E-state index contributed by atoms with van der Waals surface area (Å²) >= 11 is 1.94. The number of nitrogens with zero attached hydrogens (tertiary/aromatic N) is 1. The zero-order valence-corrected chi connectivity index (χ0v) is 13.8. The van der Waals surface area contributed by atoms with Crippen LogP contribution in [0.1, 0.15) is 63.3 Å². The molecule has 19 heavy (non-hydrogen) atoms. The van der Waals surface area contributed by atoms with Gasteiger partial charge in [0.05, 0.1) is 6.04 Å². The Hall–Kier alpha value is -0.380. The molecule has 0 saturated carbocycles. The van der Waals surface area contributed by atoms with Crippen LogP contribution in [0.4, 0.5) is 0 Å². The summed E-state index contributed by atoms with van der Waals surface area (Å²) in [6.45, 7) is 13.4. The molecule has 108 valence electrons. The second kappa shape index (κ2) is 5.19. The van der Waals surface area contributed by atoms with Crippen molar-refractivity contribution in [3.63, 3.8) is 0 Å². The minimum atomic E-state index is 0.239. The van der Waals surface area contributed by atoms with Gasteiger partial charge in [-0.2, -0.15) is 0 Å². The Morgan fingerprint density at radius 3 is 2.47 bits per heavy atom. The highest BCUT2D eigenvalue weighted by Crippen LogP contribution is 2.40. The van der Waals surface area contributed by atoms with Crippen LogP contribution in [0.3, 0.4) is 0 Å². The minimum Gasteiger partial charge on any atom is -0.329 e. The lowest BCUT2D eigenvalue weighted by molar-refractivity contribution is 0.121. The number of hydrogen-bond donors (Lipinski definition) is 1. The number of nitrogens with two attached hydrogens (primary N) is 1. The zero-order valence-electron chi connectivity index (χ0n) is 13.0. The van der Waals surface area contributed by atoms with Gasteiger partial charge in [0.15, 0.2) is 0 Å². The maximum absolute atomic E-state index is 6.09. The zero-order chi connectivity index (χ0) is 14.3. The van der Waals surface area contributed by atoms with Crippen LogP contribution >= 0.6 is 11.3 Å². The van der Waals surface area contributed by atoms with Gasteiger partial charge in [-0.1, -0.05) is 20.8 Å². The average Bonchev–Trinajstić information content (AvgIpc) is 2.87. The molecule has 0 aromatic carbocycles. The summed E-state index contributed by atoms with van der Waals surface area (Å²) in [6, 6.07) is 4.96. The van der Waals surface area contributed by atoms with Crippen LogP contribution in [0.2, 0.25) is 0 Å². The van der Waals surface area contributed by atoms with Crippen molar-refractivity contribution in [3.05, 3.63) is 21.9 Å². The van der Waals surface area contributed by atoms with E-state index < -0.39 is 0 Å². The molecule has 1 aromatic heterocycles. The predicted octanol–water partition coefficient (Wildman–Crippen LogP) is 3.92. The lowest BCUT2D eigenvalue weighted by atomic mass is 9.95. The first kappa shape index (κ1) is 15.0. The van der Waals surface area contributed by atoms with Gasteiger partial charge < -0.3 is 5.73 Å². The molecule has 0 amide bonds. The summed E-state index contributed by atoms with van der Waals surface area (Å²) in [5, 5.41) is 0. The molecule has 0 radical (unpaired) electrons. The lowest BCUT2D eigenvalue weighted by Crippen LogP contribution is -2.43. The maximum Gasteiger partial charge on any atom is 0.0569 e. The number of hydrogen-bond acceptors (Lipinski definition) is 3. The van der Waals surface area contributed by atoms with E-state index in [4.69, 9.17) is 5.73 Å². The summed E-state index contributed by atoms with van der Waals surface area (Å²) in [6.07, 6.45) is 2.57. The summed E-state index contributed by atoms with van der Waals surface area (Å²) in [5.74, 6) is 0. The molecule has 3 heteroatoms. The Bertz CT molecular complexity index is 428. The van der Waals surface area contributed by atoms with Crippen LogP contribution in [-0.2, 0) is 5.41 Å². The SMILES string of the molecule is CC(C)(C)c1ccc(C(CN)N2CCCC2(C)C)s1. The second-order valence-electron chi connectivity index (χ2n) is 7.31. The Kier molecular flexibility index (Phi) is 4.10. The molecule has 0 spiro atoms. The van der Waals surface area contributed by atoms with Gasteiger partial charge in [0.25, 0.3) is 0 Å².